The fourth-order valence-corrected chi connectivity index (χ4v) is 2.94. The molecule has 7 heteroatoms. The van der Waals surface area contributed by atoms with Gasteiger partial charge in [-0.25, -0.2) is 19.4 Å². The Morgan fingerprint density at radius 2 is 1.88 bits per heavy atom. The molecule has 0 bridgehead atoms. The number of isocyanates is 2. The number of hydrogen-bond acceptors (Lipinski definition) is 6. The molecule has 0 atom stereocenters. The van der Waals surface area contributed by atoms with Gasteiger partial charge in [0.2, 0.25) is 12.2 Å². The molecule has 0 aliphatic heterocycles. The summed E-state index contributed by atoms with van der Waals surface area (Å²) in [6.45, 7) is 1.80. The number of hydrogen-bond donors (Lipinski definition) is 0. The maximum Gasteiger partial charge on any atom is 0.338 e. The summed E-state index contributed by atoms with van der Waals surface area (Å²) >= 11 is 0. The van der Waals surface area contributed by atoms with Crippen LogP contribution in [0.1, 0.15) is 65.3 Å². The number of ether oxygens (including phenoxy) is 1. The second-order valence-electron chi connectivity index (χ2n) is 6.19. The van der Waals surface area contributed by atoms with E-state index in [0.29, 0.717) is 5.56 Å². The van der Waals surface area contributed by atoms with E-state index >= 15 is 0 Å². The maximum absolute atomic E-state index is 12.4. The molecule has 0 saturated heterocycles. The molecule has 1 aliphatic rings. The van der Waals surface area contributed by atoms with E-state index in [1.54, 1.807) is 0 Å². The van der Waals surface area contributed by atoms with Crippen LogP contribution in [0.15, 0.2) is 28.2 Å². The van der Waals surface area contributed by atoms with E-state index in [1.165, 1.54) is 30.4 Å². The molecular weight excluding hydrogens is 324 g/mol. The van der Waals surface area contributed by atoms with Gasteiger partial charge in [-0.1, -0.05) is 12.5 Å². The highest BCUT2D eigenvalue weighted by molar-refractivity contribution is 6.01. The third-order valence-electron chi connectivity index (χ3n) is 4.29. The van der Waals surface area contributed by atoms with Crippen LogP contribution in [0.4, 0.5) is 0 Å². The van der Waals surface area contributed by atoms with Crippen LogP contribution < -0.4 is 0 Å². The lowest BCUT2D eigenvalue weighted by molar-refractivity contribution is -0.0269. The average Bonchev–Trinajstić information content (AvgIpc) is 2.60. The fraction of sp³-hybridized carbons (Fsp3) is 0.444. The summed E-state index contributed by atoms with van der Waals surface area (Å²) in [6.07, 6.45) is 7.28. The van der Waals surface area contributed by atoms with Gasteiger partial charge in [-0.2, -0.15) is 0 Å². The predicted molar refractivity (Wildman–Crippen MR) is 87.6 cm³/mol. The second kappa shape index (κ2) is 8.29. The van der Waals surface area contributed by atoms with Gasteiger partial charge in [-0.05, 0) is 50.3 Å². The number of carbonyl (C=O) groups is 2. The van der Waals surface area contributed by atoms with Crippen LogP contribution in [0, 0.1) is 0 Å². The zero-order valence-corrected chi connectivity index (χ0v) is 13.9. The van der Waals surface area contributed by atoms with E-state index in [4.69, 9.17) is 4.74 Å². The molecular formula is C18H18N2O5. The van der Waals surface area contributed by atoms with Crippen molar-refractivity contribution in [3.63, 3.8) is 0 Å². The van der Waals surface area contributed by atoms with Crippen molar-refractivity contribution < 1.29 is 23.9 Å². The summed E-state index contributed by atoms with van der Waals surface area (Å²) < 4.78 is 5.64. The summed E-state index contributed by atoms with van der Waals surface area (Å²) in [5.74, 6) is -1.40. The standard InChI is InChI=1S/C18H18N2O5/c1-18(7-3-2-4-8-18)25-17(24)13-5-6-14(10-19-11-21)15(9-13)16(23)20-12-22/h5-6,9H,2-4,7-8,10H2,1H3. The Balaban J connectivity index is 2.29. The largest absolute Gasteiger partial charge is 0.456 e. The molecule has 2 rings (SSSR count). The van der Waals surface area contributed by atoms with Gasteiger partial charge in [0.1, 0.15) is 5.60 Å². The Bertz CT molecular complexity index is 768. The summed E-state index contributed by atoms with van der Waals surface area (Å²) in [7, 11) is 0. The summed E-state index contributed by atoms with van der Waals surface area (Å²) in [4.78, 5) is 51.5. The minimum absolute atomic E-state index is 0.00518. The van der Waals surface area contributed by atoms with Crippen LogP contribution in [0.3, 0.4) is 0 Å². The van der Waals surface area contributed by atoms with Gasteiger partial charge in [0.25, 0.3) is 5.91 Å². The normalized spacial score (nSPS) is 15.4. The Hall–Kier alpha value is -2.88. The number of nitrogens with zero attached hydrogens (tertiary/aromatic N) is 2. The first-order valence-corrected chi connectivity index (χ1v) is 8.01. The Morgan fingerprint density at radius 1 is 1.16 bits per heavy atom. The smallest absolute Gasteiger partial charge is 0.338 e. The zero-order chi connectivity index (χ0) is 18.3. The summed E-state index contributed by atoms with van der Waals surface area (Å²) in [5, 5.41) is 0. The number of benzene rings is 1. The fourth-order valence-electron chi connectivity index (χ4n) is 2.94. The van der Waals surface area contributed by atoms with Crippen molar-refractivity contribution in [2.24, 2.45) is 9.98 Å². The summed E-state index contributed by atoms with van der Waals surface area (Å²) in [6, 6.07) is 4.27. The molecule has 7 nitrogen and oxygen atoms in total. The van der Waals surface area contributed by atoms with E-state index < -0.39 is 17.5 Å². The first-order valence-electron chi connectivity index (χ1n) is 8.01. The van der Waals surface area contributed by atoms with Crippen molar-refractivity contribution in [3.8, 4) is 0 Å². The van der Waals surface area contributed by atoms with E-state index in [0.717, 1.165) is 32.1 Å². The van der Waals surface area contributed by atoms with Gasteiger partial charge in [0.05, 0.1) is 12.1 Å². The Kier molecular flexibility index (Phi) is 6.12. The topological polar surface area (TPSA) is 102 Å². The number of rotatable bonds is 5. The van der Waals surface area contributed by atoms with Crippen LogP contribution in [-0.2, 0) is 20.9 Å². The van der Waals surface area contributed by atoms with Crippen LogP contribution in [0.5, 0.6) is 0 Å². The van der Waals surface area contributed by atoms with Crippen molar-refractivity contribution >= 4 is 24.0 Å². The highest BCUT2D eigenvalue weighted by Crippen LogP contribution is 2.32. The lowest BCUT2D eigenvalue weighted by Crippen LogP contribution is -2.34. The molecule has 1 aliphatic carbocycles. The first-order chi connectivity index (χ1) is 12.0. The van der Waals surface area contributed by atoms with Crippen LogP contribution in [-0.4, -0.2) is 29.6 Å². The van der Waals surface area contributed by atoms with Crippen molar-refractivity contribution in [2.75, 3.05) is 0 Å². The quantitative estimate of drug-likeness (QED) is 0.465. The molecule has 1 saturated carbocycles. The number of esters is 1. The molecule has 1 aromatic rings. The highest BCUT2D eigenvalue weighted by atomic mass is 16.6. The lowest BCUT2D eigenvalue weighted by atomic mass is 9.86. The highest BCUT2D eigenvalue weighted by Gasteiger charge is 2.31. The first kappa shape index (κ1) is 18.5. The maximum atomic E-state index is 12.4. The van der Waals surface area contributed by atoms with Gasteiger partial charge in [-0.3, -0.25) is 4.79 Å². The SMILES string of the molecule is CC1(OC(=O)c2ccc(CN=C=O)c(C(=O)N=C=O)c2)CCCCC1. The van der Waals surface area contributed by atoms with Gasteiger partial charge >= 0.3 is 5.97 Å². The van der Waals surface area contributed by atoms with E-state index in [9.17, 15) is 19.2 Å². The lowest BCUT2D eigenvalue weighted by Gasteiger charge is -2.33. The molecule has 0 spiro atoms. The second-order valence-corrected chi connectivity index (χ2v) is 6.19. The molecule has 0 aromatic heterocycles. The minimum Gasteiger partial charge on any atom is -0.456 e. The predicted octanol–water partition coefficient (Wildman–Crippen LogP) is 2.88. The van der Waals surface area contributed by atoms with Gasteiger partial charge in [0, 0.05) is 5.56 Å². The molecule has 0 radical (unpaired) electrons. The monoisotopic (exact) mass is 342 g/mol. The molecule has 0 N–H and O–H groups in total. The molecule has 1 amide bonds. The third-order valence-corrected chi connectivity index (χ3v) is 4.29. The molecule has 0 heterocycles. The van der Waals surface area contributed by atoms with Crippen molar-refractivity contribution in [1.29, 1.82) is 0 Å². The Labute approximate surface area is 144 Å². The molecule has 130 valence electrons. The van der Waals surface area contributed by atoms with Gasteiger partial charge in [-0.15, -0.1) is 4.99 Å². The van der Waals surface area contributed by atoms with E-state index in [2.05, 4.69) is 9.98 Å². The number of carbonyl (C=O) groups excluding carboxylic acids is 4. The van der Waals surface area contributed by atoms with E-state index in [1.807, 2.05) is 6.92 Å². The average molecular weight is 342 g/mol. The zero-order valence-electron chi connectivity index (χ0n) is 13.9. The van der Waals surface area contributed by atoms with Crippen molar-refractivity contribution in [2.45, 2.75) is 51.2 Å². The molecule has 1 fully saturated rings. The van der Waals surface area contributed by atoms with Gasteiger partial charge in [0.15, 0.2) is 0 Å². The van der Waals surface area contributed by atoms with Gasteiger partial charge < -0.3 is 4.74 Å². The summed E-state index contributed by atoms with van der Waals surface area (Å²) in [5.41, 5.74) is 0.0226. The number of aliphatic imine (C=N–C) groups is 2. The van der Waals surface area contributed by atoms with Crippen molar-refractivity contribution in [1.82, 2.24) is 0 Å². The molecule has 25 heavy (non-hydrogen) atoms. The van der Waals surface area contributed by atoms with Crippen LogP contribution in [0.25, 0.3) is 0 Å². The van der Waals surface area contributed by atoms with E-state index in [-0.39, 0.29) is 17.7 Å². The van der Waals surface area contributed by atoms with Crippen LogP contribution in [0.2, 0.25) is 0 Å². The Morgan fingerprint density at radius 3 is 2.52 bits per heavy atom. The molecule has 0 unspecified atom stereocenters. The van der Waals surface area contributed by atoms with Crippen molar-refractivity contribution in [3.05, 3.63) is 34.9 Å². The minimum atomic E-state index is -0.857. The molecule has 1 aromatic carbocycles. The van der Waals surface area contributed by atoms with Crippen LogP contribution >= 0.6 is 0 Å². The number of amides is 1. The third kappa shape index (κ3) is 4.80.